The number of ether oxygens (including phenoxy) is 1. The van der Waals surface area contributed by atoms with E-state index in [1.54, 1.807) is 6.92 Å². The van der Waals surface area contributed by atoms with Gasteiger partial charge in [-0.2, -0.15) is 28.4 Å². The molecule has 2 rings (SSSR count). The second-order valence-electron chi connectivity index (χ2n) is 6.35. The lowest BCUT2D eigenvalue weighted by Gasteiger charge is -2.20. The van der Waals surface area contributed by atoms with Gasteiger partial charge in [-0.15, -0.1) is 0 Å². The van der Waals surface area contributed by atoms with Crippen LogP contribution in [0.5, 0.6) is 5.88 Å². The first-order valence-corrected chi connectivity index (χ1v) is 9.34. The van der Waals surface area contributed by atoms with Crippen molar-refractivity contribution in [2.24, 2.45) is 5.73 Å². The largest absolute Gasteiger partial charge is 0.477 e. The number of nitrogens with two attached hydrogens (primary N) is 2. The van der Waals surface area contributed by atoms with Gasteiger partial charge >= 0.3 is 6.18 Å². The Kier molecular flexibility index (Phi) is 7.98. The highest BCUT2D eigenvalue weighted by molar-refractivity contribution is 5.97. The van der Waals surface area contributed by atoms with Crippen LogP contribution >= 0.6 is 0 Å². The number of hydrogen-bond acceptors (Lipinski definition) is 8. The molecule has 1 amide bonds. The first-order chi connectivity index (χ1) is 14.7. The van der Waals surface area contributed by atoms with Crippen LogP contribution in [0.4, 0.5) is 30.6 Å². The number of hydrogen-bond donors (Lipinski definition) is 4. The molecule has 1 heterocycles. The van der Waals surface area contributed by atoms with Crippen LogP contribution in [0.15, 0.2) is 24.3 Å². The van der Waals surface area contributed by atoms with Crippen LogP contribution in [0.2, 0.25) is 0 Å². The van der Waals surface area contributed by atoms with Crippen molar-refractivity contribution >= 4 is 23.4 Å². The molecular weight excluding hydrogens is 415 g/mol. The third-order valence-corrected chi connectivity index (χ3v) is 4.07. The Balaban J connectivity index is 2.30. The Morgan fingerprint density at radius 3 is 2.71 bits per heavy atom. The van der Waals surface area contributed by atoms with Crippen LogP contribution in [0.25, 0.3) is 0 Å². The average Bonchev–Trinajstić information content (AvgIpc) is 2.70. The molecule has 1 atom stereocenters. The molecular formula is C19H22F3N7O2. The summed E-state index contributed by atoms with van der Waals surface area (Å²) in [6.45, 7) is 2.15. The summed E-state index contributed by atoms with van der Waals surface area (Å²) < 4.78 is 44.2. The summed E-state index contributed by atoms with van der Waals surface area (Å²) in [6.07, 6.45) is -3.88. The molecule has 0 spiro atoms. The van der Waals surface area contributed by atoms with Crippen LogP contribution in [0.3, 0.4) is 0 Å². The molecule has 0 unspecified atom stereocenters. The third-order valence-electron chi connectivity index (χ3n) is 4.07. The number of halogens is 3. The summed E-state index contributed by atoms with van der Waals surface area (Å²) in [7, 11) is 0. The van der Waals surface area contributed by atoms with Crippen LogP contribution in [-0.4, -0.2) is 35.1 Å². The van der Waals surface area contributed by atoms with E-state index >= 15 is 0 Å². The summed E-state index contributed by atoms with van der Waals surface area (Å²) >= 11 is 0. The number of anilines is 3. The van der Waals surface area contributed by atoms with Gasteiger partial charge in [-0.1, -0.05) is 6.07 Å². The van der Waals surface area contributed by atoms with Crippen molar-refractivity contribution in [3.05, 3.63) is 35.4 Å². The molecule has 0 aliphatic rings. The molecule has 0 saturated heterocycles. The van der Waals surface area contributed by atoms with Gasteiger partial charge in [-0.3, -0.25) is 4.79 Å². The Hall–Kier alpha value is -3.59. The lowest BCUT2D eigenvalue weighted by atomic mass is 10.1. The number of aromatic nitrogens is 2. The van der Waals surface area contributed by atoms with E-state index in [2.05, 4.69) is 20.6 Å². The summed E-state index contributed by atoms with van der Waals surface area (Å²) in [5, 5.41) is 14.7. The molecule has 9 nitrogen and oxygen atoms in total. The maximum absolute atomic E-state index is 13.0. The summed E-state index contributed by atoms with van der Waals surface area (Å²) in [6, 6.07) is 5.37. The number of nitrogens with one attached hydrogen (secondary N) is 2. The number of carbonyl (C=O) groups excluding carboxylic acids is 1. The lowest BCUT2D eigenvalue weighted by molar-refractivity contribution is -0.137. The zero-order chi connectivity index (χ0) is 23.0. The highest BCUT2D eigenvalue weighted by Crippen LogP contribution is 2.31. The Labute approximate surface area is 176 Å². The molecule has 1 aromatic heterocycles. The number of nitrogens with zero attached hydrogens (tertiary/aromatic N) is 3. The number of nitrogen functional groups attached to an aromatic ring is 1. The first kappa shape index (κ1) is 23.7. The van der Waals surface area contributed by atoms with Gasteiger partial charge in [0.2, 0.25) is 17.7 Å². The third kappa shape index (κ3) is 6.45. The van der Waals surface area contributed by atoms with Crippen molar-refractivity contribution in [3.8, 4) is 11.9 Å². The quantitative estimate of drug-likeness (QED) is 0.467. The summed E-state index contributed by atoms with van der Waals surface area (Å²) in [4.78, 5) is 20.6. The van der Waals surface area contributed by atoms with E-state index in [0.29, 0.717) is 6.42 Å². The van der Waals surface area contributed by atoms with Gasteiger partial charge in [0.25, 0.3) is 0 Å². The van der Waals surface area contributed by atoms with E-state index in [-0.39, 0.29) is 48.5 Å². The van der Waals surface area contributed by atoms with Crippen molar-refractivity contribution in [1.29, 1.82) is 5.26 Å². The van der Waals surface area contributed by atoms with Gasteiger partial charge in [-0.05, 0) is 44.5 Å². The van der Waals surface area contributed by atoms with Gasteiger partial charge in [0.15, 0.2) is 11.4 Å². The topological polar surface area (TPSA) is 152 Å². The van der Waals surface area contributed by atoms with E-state index < -0.39 is 23.7 Å². The predicted molar refractivity (Wildman–Crippen MR) is 108 cm³/mol. The minimum absolute atomic E-state index is 0.0860. The molecule has 0 saturated carbocycles. The highest BCUT2D eigenvalue weighted by Gasteiger charge is 2.31. The molecule has 1 aromatic carbocycles. The van der Waals surface area contributed by atoms with Gasteiger partial charge in [-0.25, -0.2) is 0 Å². The number of amides is 1. The summed E-state index contributed by atoms with van der Waals surface area (Å²) in [5.74, 6) is -1.10. The Morgan fingerprint density at radius 2 is 2.10 bits per heavy atom. The van der Waals surface area contributed by atoms with E-state index in [1.807, 2.05) is 6.07 Å². The number of alkyl halides is 3. The second-order valence-corrected chi connectivity index (χ2v) is 6.35. The molecule has 0 radical (unpaired) electrons. The SMILES string of the molecule is CCOc1nc(N)nc(NC(=O)[C@H](CCCN)Nc2cccc(C(F)(F)F)c2)c1C#N. The van der Waals surface area contributed by atoms with Gasteiger partial charge in [0.1, 0.15) is 12.1 Å². The van der Waals surface area contributed by atoms with Gasteiger partial charge in [0.05, 0.1) is 12.2 Å². The van der Waals surface area contributed by atoms with E-state index in [9.17, 15) is 23.2 Å². The van der Waals surface area contributed by atoms with Gasteiger partial charge < -0.3 is 26.8 Å². The van der Waals surface area contributed by atoms with Crippen molar-refractivity contribution in [2.75, 3.05) is 29.5 Å². The Morgan fingerprint density at radius 1 is 1.35 bits per heavy atom. The summed E-state index contributed by atoms with van der Waals surface area (Å²) in [5.41, 5.74) is 10.3. The highest BCUT2D eigenvalue weighted by atomic mass is 19.4. The smallest absolute Gasteiger partial charge is 0.416 e. The van der Waals surface area contributed by atoms with Crippen molar-refractivity contribution in [1.82, 2.24) is 9.97 Å². The molecule has 31 heavy (non-hydrogen) atoms. The van der Waals surface area contributed by atoms with Crippen LogP contribution < -0.4 is 26.8 Å². The monoisotopic (exact) mass is 437 g/mol. The number of rotatable bonds is 9. The molecule has 6 N–H and O–H groups in total. The maximum Gasteiger partial charge on any atom is 0.416 e. The molecule has 0 aliphatic carbocycles. The lowest BCUT2D eigenvalue weighted by Crippen LogP contribution is -2.36. The van der Waals surface area contributed by atoms with E-state index in [4.69, 9.17) is 16.2 Å². The van der Waals surface area contributed by atoms with Crippen molar-refractivity contribution in [2.45, 2.75) is 32.0 Å². The fraction of sp³-hybridized carbons (Fsp3) is 0.368. The number of carbonyl (C=O) groups is 1. The number of benzene rings is 1. The maximum atomic E-state index is 13.0. The zero-order valence-corrected chi connectivity index (χ0v) is 16.7. The molecule has 0 bridgehead atoms. The minimum atomic E-state index is -4.53. The minimum Gasteiger partial charge on any atom is -0.477 e. The van der Waals surface area contributed by atoms with Crippen LogP contribution in [0.1, 0.15) is 30.9 Å². The average molecular weight is 437 g/mol. The predicted octanol–water partition coefficient (Wildman–Crippen LogP) is 2.51. The van der Waals surface area contributed by atoms with Crippen molar-refractivity contribution in [3.63, 3.8) is 0 Å². The Bertz CT molecular complexity index is 960. The molecule has 0 fully saturated rings. The van der Waals surface area contributed by atoms with Crippen LogP contribution in [-0.2, 0) is 11.0 Å². The van der Waals surface area contributed by atoms with Crippen LogP contribution in [0, 0.1) is 11.3 Å². The first-order valence-electron chi connectivity index (χ1n) is 9.34. The fourth-order valence-electron chi connectivity index (χ4n) is 2.67. The fourth-order valence-corrected chi connectivity index (χ4v) is 2.67. The van der Waals surface area contributed by atoms with Gasteiger partial charge in [0, 0.05) is 5.69 Å². The molecule has 12 heteroatoms. The van der Waals surface area contributed by atoms with E-state index in [0.717, 1.165) is 12.1 Å². The molecule has 166 valence electrons. The van der Waals surface area contributed by atoms with Crippen molar-refractivity contribution < 1.29 is 22.7 Å². The molecule has 0 aliphatic heterocycles. The second kappa shape index (κ2) is 10.4. The molecule has 2 aromatic rings. The zero-order valence-electron chi connectivity index (χ0n) is 16.7. The number of nitriles is 1. The standard InChI is InChI=1S/C19H22F3N7O2/c1-2-31-17-13(10-24)15(28-18(25)29-17)27-16(30)14(7-4-8-23)26-12-6-3-5-11(9-12)19(20,21)22/h3,5-6,9,14,26H,2,4,7-8,23H2,1H3,(H3,25,27,28,29,30)/t14-/m0/s1. The van der Waals surface area contributed by atoms with E-state index in [1.165, 1.54) is 12.1 Å². The normalized spacial score (nSPS) is 12.0.